The number of thiophene rings is 1. The molecule has 2 aromatic rings. The SMILES string of the molecule is OC(Cc1ccc(Cl)s1)c1ccc(Cl)c(Cl)c1. The van der Waals surface area contributed by atoms with Crippen LogP contribution in [0.15, 0.2) is 30.3 Å². The average Bonchev–Trinajstić information content (AvgIpc) is 2.68. The highest BCUT2D eigenvalue weighted by Gasteiger charge is 2.11. The van der Waals surface area contributed by atoms with E-state index in [4.69, 9.17) is 34.8 Å². The highest BCUT2D eigenvalue weighted by Crippen LogP contribution is 2.29. The Morgan fingerprint density at radius 3 is 2.41 bits per heavy atom. The molecule has 1 unspecified atom stereocenters. The zero-order valence-corrected chi connectivity index (χ0v) is 11.7. The van der Waals surface area contributed by atoms with E-state index in [9.17, 15) is 5.11 Å². The minimum absolute atomic E-state index is 0.451. The lowest BCUT2D eigenvalue weighted by Crippen LogP contribution is -2.00. The first-order valence-corrected chi connectivity index (χ1v) is 6.88. The molecule has 0 saturated carbocycles. The van der Waals surface area contributed by atoms with Crippen molar-refractivity contribution in [2.45, 2.75) is 12.5 Å². The quantitative estimate of drug-likeness (QED) is 0.847. The Bertz CT molecular complexity index is 524. The highest BCUT2D eigenvalue weighted by atomic mass is 35.5. The molecular weight excluding hydrogens is 299 g/mol. The van der Waals surface area contributed by atoms with Gasteiger partial charge in [0, 0.05) is 11.3 Å². The van der Waals surface area contributed by atoms with Gasteiger partial charge >= 0.3 is 0 Å². The van der Waals surface area contributed by atoms with Crippen LogP contribution in [0.4, 0.5) is 0 Å². The van der Waals surface area contributed by atoms with E-state index in [1.807, 2.05) is 12.1 Å². The van der Waals surface area contributed by atoms with Crippen molar-refractivity contribution < 1.29 is 5.11 Å². The number of benzene rings is 1. The van der Waals surface area contributed by atoms with E-state index in [1.54, 1.807) is 18.2 Å². The summed E-state index contributed by atoms with van der Waals surface area (Å²) in [5.74, 6) is 0. The molecule has 17 heavy (non-hydrogen) atoms. The van der Waals surface area contributed by atoms with Crippen molar-refractivity contribution in [3.8, 4) is 0 Å². The van der Waals surface area contributed by atoms with Crippen LogP contribution in [-0.4, -0.2) is 5.11 Å². The molecule has 90 valence electrons. The molecular formula is C12H9Cl3OS. The van der Waals surface area contributed by atoms with Crippen LogP contribution in [0, 0.1) is 0 Å². The molecule has 0 spiro atoms. The van der Waals surface area contributed by atoms with Crippen molar-refractivity contribution in [3.05, 3.63) is 55.2 Å². The van der Waals surface area contributed by atoms with Gasteiger partial charge in [-0.2, -0.15) is 0 Å². The van der Waals surface area contributed by atoms with Crippen LogP contribution < -0.4 is 0 Å². The first-order chi connectivity index (χ1) is 8.06. The van der Waals surface area contributed by atoms with Crippen LogP contribution in [-0.2, 0) is 6.42 Å². The number of halogens is 3. The van der Waals surface area contributed by atoms with Gasteiger partial charge in [-0.15, -0.1) is 11.3 Å². The van der Waals surface area contributed by atoms with Crippen molar-refractivity contribution in [2.75, 3.05) is 0 Å². The second kappa shape index (κ2) is 5.59. The fourth-order valence-corrected chi connectivity index (χ4v) is 2.92. The van der Waals surface area contributed by atoms with Crippen molar-refractivity contribution in [1.29, 1.82) is 0 Å². The summed E-state index contributed by atoms with van der Waals surface area (Å²) in [4.78, 5) is 1.04. The van der Waals surface area contributed by atoms with Crippen LogP contribution in [0.1, 0.15) is 16.5 Å². The molecule has 1 atom stereocenters. The average molecular weight is 308 g/mol. The Hall–Kier alpha value is -0.250. The van der Waals surface area contributed by atoms with Crippen LogP contribution >= 0.6 is 46.1 Å². The minimum atomic E-state index is -0.598. The lowest BCUT2D eigenvalue weighted by molar-refractivity contribution is 0.179. The Kier molecular flexibility index (Phi) is 4.34. The standard InChI is InChI=1S/C12H9Cl3OS/c13-9-3-1-7(5-10(9)14)11(16)6-8-2-4-12(15)17-8/h1-5,11,16H,6H2. The highest BCUT2D eigenvalue weighted by molar-refractivity contribution is 7.16. The van der Waals surface area contributed by atoms with E-state index in [0.29, 0.717) is 16.5 Å². The van der Waals surface area contributed by atoms with E-state index in [0.717, 1.165) is 14.8 Å². The number of hydrogen-bond acceptors (Lipinski definition) is 2. The molecule has 0 saturated heterocycles. The zero-order valence-electron chi connectivity index (χ0n) is 8.66. The van der Waals surface area contributed by atoms with Gasteiger partial charge in [-0.1, -0.05) is 40.9 Å². The maximum Gasteiger partial charge on any atom is 0.0931 e. The van der Waals surface area contributed by atoms with Gasteiger partial charge in [-0.25, -0.2) is 0 Å². The summed E-state index contributed by atoms with van der Waals surface area (Å²) in [6.45, 7) is 0. The maximum absolute atomic E-state index is 10.1. The molecule has 2 rings (SSSR count). The summed E-state index contributed by atoms with van der Waals surface area (Å²) in [6, 6.07) is 8.87. The van der Waals surface area contributed by atoms with Gasteiger partial charge in [0.2, 0.25) is 0 Å². The van der Waals surface area contributed by atoms with Crippen molar-refractivity contribution in [1.82, 2.24) is 0 Å². The molecule has 1 nitrogen and oxygen atoms in total. The van der Waals surface area contributed by atoms with Gasteiger partial charge in [0.15, 0.2) is 0 Å². The summed E-state index contributed by atoms with van der Waals surface area (Å²) in [6.07, 6.45) is -0.0745. The molecule has 1 aromatic heterocycles. The molecule has 5 heteroatoms. The summed E-state index contributed by atoms with van der Waals surface area (Å²) < 4.78 is 0.723. The Morgan fingerprint density at radius 2 is 1.82 bits per heavy atom. The maximum atomic E-state index is 10.1. The van der Waals surface area contributed by atoms with Crippen LogP contribution in [0.3, 0.4) is 0 Å². The van der Waals surface area contributed by atoms with Crippen LogP contribution in [0.2, 0.25) is 14.4 Å². The van der Waals surface area contributed by atoms with Crippen molar-refractivity contribution in [2.24, 2.45) is 0 Å². The number of hydrogen-bond donors (Lipinski definition) is 1. The lowest BCUT2D eigenvalue weighted by Gasteiger charge is -2.10. The summed E-state index contributed by atoms with van der Waals surface area (Å²) in [5.41, 5.74) is 0.754. The Balaban J connectivity index is 2.14. The van der Waals surface area contributed by atoms with E-state index in [2.05, 4.69) is 0 Å². The normalized spacial score (nSPS) is 12.7. The third kappa shape index (κ3) is 3.36. The van der Waals surface area contributed by atoms with Gasteiger partial charge < -0.3 is 5.11 Å². The molecule has 0 amide bonds. The third-order valence-electron chi connectivity index (χ3n) is 2.35. The fourth-order valence-electron chi connectivity index (χ4n) is 1.49. The molecule has 0 bridgehead atoms. The van der Waals surface area contributed by atoms with Gasteiger partial charge in [0.05, 0.1) is 20.5 Å². The van der Waals surface area contributed by atoms with Gasteiger partial charge in [-0.3, -0.25) is 0 Å². The number of aliphatic hydroxyl groups is 1. The molecule has 1 aromatic carbocycles. The van der Waals surface area contributed by atoms with Crippen molar-refractivity contribution >= 4 is 46.1 Å². The summed E-state index contributed by atoms with van der Waals surface area (Å²) >= 11 is 19.0. The Labute approximate surface area is 119 Å². The van der Waals surface area contributed by atoms with Crippen LogP contribution in [0.25, 0.3) is 0 Å². The molecule has 0 aliphatic rings. The molecule has 0 aliphatic heterocycles. The van der Waals surface area contributed by atoms with E-state index < -0.39 is 6.10 Å². The van der Waals surface area contributed by atoms with Gasteiger partial charge in [0.1, 0.15) is 0 Å². The summed E-state index contributed by atoms with van der Waals surface area (Å²) in [5, 5.41) is 11.0. The van der Waals surface area contributed by atoms with E-state index >= 15 is 0 Å². The van der Waals surface area contributed by atoms with Gasteiger partial charge in [-0.05, 0) is 29.8 Å². The predicted octanol–water partition coefficient (Wildman–Crippen LogP) is 4.98. The lowest BCUT2D eigenvalue weighted by atomic mass is 10.1. The van der Waals surface area contributed by atoms with Crippen molar-refractivity contribution in [3.63, 3.8) is 0 Å². The molecule has 0 fully saturated rings. The molecule has 1 heterocycles. The Morgan fingerprint density at radius 1 is 1.06 bits per heavy atom. The molecule has 1 N–H and O–H groups in total. The summed E-state index contributed by atoms with van der Waals surface area (Å²) in [7, 11) is 0. The largest absolute Gasteiger partial charge is 0.388 e. The molecule has 0 aliphatic carbocycles. The third-order valence-corrected chi connectivity index (χ3v) is 4.34. The topological polar surface area (TPSA) is 20.2 Å². The predicted molar refractivity (Wildman–Crippen MR) is 74.5 cm³/mol. The number of rotatable bonds is 3. The second-order valence-corrected chi connectivity index (χ2v) is 6.21. The smallest absolute Gasteiger partial charge is 0.0931 e. The van der Waals surface area contributed by atoms with Gasteiger partial charge in [0.25, 0.3) is 0 Å². The van der Waals surface area contributed by atoms with E-state index in [-0.39, 0.29) is 0 Å². The zero-order chi connectivity index (χ0) is 12.4. The molecule has 0 radical (unpaired) electrons. The van der Waals surface area contributed by atoms with E-state index in [1.165, 1.54) is 11.3 Å². The first kappa shape index (κ1) is 13.2. The fraction of sp³-hybridized carbons (Fsp3) is 0.167. The van der Waals surface area contributed by atoms with Crippen LogP contribution in [0.5, 0.6) is 0 Å². The minimum Gasteiger partial charge on any atom is -0.388 e. The second-order valence-electron chi connectivity index (χ2n) is 3.60. The number of aliphatic hydroxyl groups excluding tert-OH is 1. The first-order valence-electron chi connectivity index (χ1n) is 4.93. The monoisotopic (exact) mass is 306 g/mol.